The van der Waals surface area contributed by atoms with E-state index < -0.39 is 0 Å². The van der Waals surface area contributed by atoms with E-state index in [4.69, 9.17) is 0 Å². The molecule has 0 N–H and O–H groups in total. The van der Waals surface area contributed by atoms with Crippen LogP contribution in [0.5, 0.6) is 0 Å². The third-order valence-corrected chi connectivity index (χ3v) is 7.66. The minimum atomic E-state index is -0.0451. The molecule has 0 radical (unpaired) electrons. The fourth-order valence-electron chi connectivity index (χ4n) is 3.25. The average Bonchev–Trinajstić information content (AvgIpc) is 2.85. The van der Waals surface area contributed by atoms with E-state index in [1.54, 1.807) is 5.30 Å². The van der Waals surface area contributed by atoms with E-state index in [-0.39, 0.29) is 13.5 Å². The van der Waals surface area contributed by atoms with Crippen LogP contribution >= 0.6 is 7.92 Å². The summed E-state index contributed by atoms with van der Waals surface area (Å²) in [6.45, 7) is 14.2. The highest BCUT2D eigenvalue weighted by Gasteiger charge is 2.35. The standard InChI is InChI=1S/C17H30NP/c1-16(2,3)18-12-11-15(13-18)19(17(4,5)6)14-9-7-8-10-14/h11-14H,7-10H2,1-6H3. The SMILES string of the molecule is CC(C)(C)n1ccc(P(C2CCCC2)C(C)(C)C)c1. The van der Waals surface area contributed by atoms with Crippen molar-refractivity contribution in [2.75, 3.05) is 0 Å². The van der Waals surface area contributed by atoms with Crippen LogP contribution in [0.2, 0.25) is 0 Å². The highest BCUT2D eigenvalue weighted by atomic mass is 31.1. The summed E-state index contributed by atoms with van der Waals surface area (Å²) in [6.07, 6.45) is 10.5. The topological polar surface area (TPSA) is 4.93 Å². The van der Waals surface area contributed by atoms with Crippen molar-refractivity contribution in [3.8, 4) is 0 Å². The van der Waals surface area contributed by atoms with Crippen molar-refractivity contribution >= 4 is 13.2 Å². The van der Waals surface area contributed by atoms with Gasteiger partial charge >= 0.3 is 0 Å². The summed E-state index contributed by atoms with van der Waals surface area (Å²) in [6, 6.07) is 2.39. The summed E-state index contributed by atoms with van der Waals surface area (Å²) in [7, 11) is -0.0451. The Morgan fingerprint density at radius 3 is 2.05 bits per heavy atom. The Labute approximate surface area is 120 Å². The van der Waals surface area contributed by atoms with Gasteiger partial charge in [-0.3, -0.25) is 0 Å². The summed E-state index contributed by atoms with van der Waals surface area (Å²) >= 11 is 0. The lowest BCUT2D eigenvalue weighted by Gasteiger charge is -2.36. The Morgan fingerprint density at radius 2 is 1.63 bits per heavy atom. The number of nitrogens with zero attached hydrogens (tertiary/aromatic N) is 1. The third-order valence-electron chi connectivity index (χ3n) is 4.14. The van der Waals surface area contributed by atoms with Gasteiger partial charge < -0.3 is 4.57 Å². The zero-order chi connectivity index (χ0) is 14.3. The Morgan fingerprint density at radius 1 is 1.05 bits per heavy atom. The molecule has 1 unspecified atom stereocenters. The van der Waals surface area contributed by atoms with Crippen LogP contribution in [0.15, 0.2) is 18.5 Å². The summed E-state index contributed by atoms with van der Waals surface area (Å²) in [5.41, 5.74) is 1.15. The minimum Gasteiger partial charge on any atom is -0.348 e. The van der Waals surface area contributed by atoms with Crippen molar-refractivity contribution in [3.63, 3.8) is 0 Å². The monoisotopic (exact) mass is 279 g/mol. The van der Waals surface area contributed by atoms with Crippen molar-refractivity contribution in [2.45, 2.75) is 83.6 Å². The number of aromatic nitrogens is 1. The predicted molar refractivity (Wildman–Crippen MR) is 88.0 cm³/mol. The van der Waals surface area contributed by atoms with Crippen LogP contribution in [0.1, 0.15) is 67.2 Å². The summed E-state index contributed by atoms with van der Waals surface area (Å²) in [5, 5.41) is 2.04. The number of hydrogen-bond acceptors (Lipinski definition) is 0. The maximum Gasteiger partial charge on any atom is 0.0355 e. The van der Waals surface area contributed by atoms with E-state index >= 15 is 0 Å². The molecule has 0 aliphatic heterocycles. The molecule has 1 fully saturated rings. The Hall–Kier alpha value is -0.290. The zero-order valence-electron chi connectivity index (χ0n) is 13.5. The fraction of sp³-hybridized carbons (Fsp3) is 0.765. The first-order chi connectivity index (χ1) is 8.69. The third kappa shape index (κ3) is 3.43. The Balaban J connectivity index is 2.31. The van der Waals surface area contributed by atoms with Crippen LogP contribution in [-0.2, 0) is 5.54 Å². The number of rotatable bonds is 2. The molecule has 108 valence electrons. The molecule has 2 rings (SSSR count). The smallest absolute Gasteiger partial charge is 0.0355 e. The Kier molecular flexibility index (Phi) is 4.17. The van der Waals surface area contributed by atoms with Gasteiger partial charge in [-0.1, -0.05) is 41.5 Å². The molecule has 0 spiro atoms. The van der Waals surface area contributed by atoms with E-state index in [9.17, 15) is 0 Å². The maximum absolute atomic E-state index is 2.44. The van der Waals surface area contributed by atoms with E-state index in [1.807, 2.05) is 0 Å². The molecule has 1 atom stereocenters. The molecule has 1 aliphatic rings. The fourth-order valence-corrected chi connectivity index (χ4v) is 6.90. The molecule has 1 aliphatic carbocycles. The first kappa shape index (κ1) is 15.1. The summed E-state index contributed by atoms with van der Waals surface area (Å²) in [4.78, 5) is 0. The lowest BCUT2D eigenvalue weighted by molar-refractivity contribution is 0.399. The molecule has 0 bridgehead atoms. The second kappa shape index (κ2) is 5.24. The molecule has 19 heavy (non-hydrogen) atoms. The lowest BCUT2D eigenvalue weighted by atomic mass is 10.1. The molecule has 1 heterocycles. The second-order valence-electron chi connectivity index (χ2n) is 7.93. The van der Waals surface area contributed by atoms with Crippen molar-refractivity contribution < 1.29 is 0 Å². The van der Waals surface area contributed by atoms with Gasteiger partial charge in [0.1, 0.15) is 0 Å². The van der Waals surface area contributed by atoms with Crippen LogP contribution in [0.3, 0.4) is 0 Å². The Bertz CT molecular complexity index is 413. The first-order valence-electron chi connectivity index (χ1n) is 7.67. The maximum atomic E-state index is 2.44. The van der Waals surface area contributed by atoms with Crippen LogP contribution in [0, 0.1) is 0 Å². The molecule has 1 saturated carbocycles. The summed E-state index contributed by atoms with van der Waals surface area (Å²) in [5.74, 6) is 0. The van der Waals surface area contributed by atoms with Gasteiger partial charge in [-0.05, 0) is 55.8 Å². The van der Waals surface area contributed by atoms with Crippen molar-refractivity contribution in [3.05, 3.63) is 18.5 Å². The van der Waals surface area contributed by atoms with Gasteiger partial charge in [-0.2, -0.15) is 0 Å². The van der Waals surface area contributed by atoms with Crippen LogP contribution in [0.25, 0.3) is 0 Å². The molecular weight excluding hydrogens is 249 g/mol. The van der Waals surface area contributed by atoms with Gasteiger partial charge in [0, 0.05) is 17.9 Å². The quantitative estimate of drug-likeness (QED) is 0.664. The van der Waals surface area contributed by atoms with Crippen molar-refractivity contribution in [1.82, 2.24) is 4.57 Å². The van der Waals surface area contributed by atoms with Crippen molar-refractivity contribution in [2.24, 2.45) is 0 Å². The van der Waals surface area contributed by atoms with Gasteiger partial charge in [-0.15, -0.1) is 0 Å². The van der Waals surface area contributed by atoms with Crippen molar-refractivity contribution in [1.29, 1.82) is 0 Å². The van der Waals surface area contributed by atoms with Crippen LogP contribution in [-0.4, -0.2) is 15.4 Å². The molecule has 1 aromatic heterocycles. The largest absolute Gasteiger partial charge is 0.348 e. The average molecular weight is 279 g/mol. The van der Waals surface area contributed by atoms with E-state index in [0.717, 1.165) is 5.66 Å². The van der Waals surface area contributed by atoms with Gasteiger partial charge in [0.05, 0.1) is 0 Å². The molecule has 0 aromatic carbocycles. The van der Waals surface area contributed by atoms with Gasteiger partial charge in [-0.25, -0.2) is 0 Å². The van der Waals surface area contributed by atoms with E-state index in [1.165, 1.54) is 25.7 Å². The van der Waals surface area contributed by atoms with E-state index in [2.05, 4.69) is 64.6 Å². The predicted octanol–water partition coefficient (Wildman–Crippen LogP) is 5.09. The van der Waals surface area contributed by atoms with Crippen LogP contribution < -0.4 is 5.30 Å². The normalized spacial score (nSPS) is 19.9. The minimum absolute atomic E-state index is 0.0451. The van der Waals surface area contributed by atoms with Gasteiger partial charge in [0.2, 0.25) is 0 Å². The first-order valence-corrected chi connectivity index (χ1v) is 9.08. The van der Waals surface area contributed by atoms with Crippen LogP contribution in [0.4, 0.5) is 0 Å². The molecule has 0 amide bonds. The highest BCUT2D eigenvalue weighted by Crippen LogP contribution is 2.57. The molecule has 2 heteroatoms. The summed E-state index contributed by atoms with van der Waals surface area (Å²) < 4.78 is 2.39. The zero-order valence-corrected chi connectivity index (χ0v) is 14.4. The van der Waals surface area contributed by atoms with Gasteiger partial charge in [0.25, 0.3) is 0 Å². The van der Waals surface area contributed by atoms with Gasteiger partial charge in [0.15, 0.2) is 0 Å². The van der Waals surface area contributed by atoms with E-state index in [0.29, 0.717) is 5.16 Å². The second-order valence-corrected chi connectivity index (χ2v) is 11.3. The molecule has 1 nitrogen and oxygen atoms in total. The lowest BCUT2D eigenvalue weighted by Crippen LogP contribution is -2.26. The number of hydrogen-bond donors (Lipinski definition) is 0. The highest BCUT2D eigenvalue weighted by molar-refractivity contribution is 7.67. The molecular formula is C17H30NP. The molecule has 1 aromatic rings. The molecule has 0 saturated heterocycles.